The molecule has 2 saturated heterocycles. The summed E-state index contributed by atoms with van der Waals surface area (Å²) in [6, 6.07) is 18.3. The van der Waals surface area contributed by atoms with Crippen molar-refractivity contribution in [2.24, 2.45) is 0 Å². The van der Waals surface area contributed by atoms with Gasteiger partial charge in [0.05, 0.1) is 35.0 Å². The molecule has 9 nitrogen and oxygen atoms in total. The molecule has 0 saturated carbocycles. The Kier molecular flexibility index (Phi) is 10.8. The molecule has 0 bridgehead atoms. The number of nitrogens with zero attached hydrogens (tertiary/aromatic N) is 5. The summed E-state index contributed by atoms with van der Waals surface area (Å²) in [5.74, 6) is -0.625. The van der Waals surface area contributed by atoms with E-state index >= 15 is 4.39 Å². The Hall–Kier alpha value is -5.16. The number of carbonyl (C=O) groups is 2. The Morgan fingerprint density at radius 2 is 1.37 bits per heavy atom. The lowest BCUT2D eigenvalue weighted by atomic mass is 9.74. The Morgan fingerprint density at radius 3 is 1.85 bits per heavy atom. The number of nitrogens with one attached hydrogen (secondary N) is 2. The first-order chi connectivity index (χ1) is 26.1. The van der Waals surface area contributed by atoms with E-state index in [0.717, 1.165) is 26.4 Å². The number of amides is 2. The van der Waals surface area contributed by atoms with Gasteiger partial charge < -0.3 is 9.80 Å². The molecule has 2 N–H and O–H groups in total. The Labute approximate surface area is 324 Å². The monoisotopic (exact) mass is 783 g/mol. The van der Waals surface area contributed by atoms with E-state index in [4.69, 9.17) is 11.6 Å². The van der Waals surface area contributed by atoms with Crippen molar-refractivity contribution in [2.75, 3.05) is 26.2 Å². The number of hydrogen-bond donors (Lipinski definition) is 2. The number of nitriles is 1. The smallest absolute Gasteiger partial charge is 0.254 e. The van der Waals surface area contributed by atoms with Gasteiger partial charge in [-0.05, 0) is 55.2 Å². The van der Waals surface area contributed by atoms with Gasteiger partial charge in [-0.2, -0.15) is 15.5 Å². The fourth-order valence-corrected chi connectivity index (χ4v) is 9.28. The summed E-state index contributed by atoms with van der Waals surface area (Å²) in [6.45, 7) is 3.32. The van der Waals surface area contributed by atoms with E-state index in [0.29, 0.717) is 47.6 Å². The normalized spacial score (nSPS) is 16.3. The van der Waals surface area contributed by atoms with E-state index in [9.17, 15) is 19.2 Å². The molecular weight excluding hydrogens is 748 g/mol. The van der Waals surface area contributed by atoms with Crippen LogP contribution < -0.4 is 0 Å². The number of aromatic amines is 2. The van der Waals surface area contributed by atoms with Crippen molar-refractivity contribution in [3.05, 3.63) is 129 Å². The minimum absolute atomic E-state index is 0.00620. The van der Waals surface area contributed by atoms with Crippen LogP contribution in [0, 0.1) is 24.1 Å². The fourth-order valence-electron chi connectivity index (χ4n) is 7.23. The lowest BCUT2D eigenvalue weighted by Crippen LogP contribution is -2.44. The molecule has 0 radical (unpaired) electrons. The van der Waals surface area contributed by atoms with Crippen LogP contribution in [0.2, 0.25) is 5.02 Å². The molecule has 4 aromatic heterocycles. The van der Waals surface area contributed by atoms with Crippen LogP contribution in [0.5, 0.6) is 0 Å². The number of aryl methyl sites for hydroxylation is 1. The van der Waals surface area contributed by atoms with Crippen molar-refractivity contribution in [1.29, 1.82) is 5.26 Å². The number of aromatic nitrogens is 4. The first kappa shape index (κ1) is 37.2. The second kappa shape index (κ2) is 15.7. The summed E-state index contributed by atoms with van der Waals surface area (Å²) < 4.78 is 29.7. The molecule has 276 valence electrons. The predicted octanol–water partition coefficient (Wildman–Crippen LogP) is 9.18. The van der Waals surface area contributed by atoms with E-state index in [-0.39, 0.29) is 43.3 Å². The lowest BCUT2D eigenvalue weighted by molar-refractivity contribution is 0.0404. The molecule has 2 aliphatic heterocycles. The zero-order valence-electron chi connectivity index (χ0n) is 29.3. The topological polar surface area (TPSA) is 122 Å². The maximum Gasteiger partial charge on any atom is 0.254 e. The average Bonchev–Trinajstić information content (AvgIpc) is 4.03. The van der Waals surface area contributed by atoms with E-state index < -0.39 is 16.9 Å². The average molecular weight is 784 g/mol. The second-order valence-electron chi connectivity index (χ2n) is 13.5. The number of rotatable bonds is 6. The molecule has 54 heavy (non-hydrogen) atoms. The SMILES string of the molecule is Cc1cccc(F)c1C1(F)CCN(C(=O)c2csc(-c3cn[nH]c3)c2)CC1.N#CC1(c2ccccc2Cl)CCN(C(=O)c2csc(-c3cn[nH]c3)c2)CC1. The molecule has 0 spiro atoms. The number of alkyl halides is 1. The third kappa shape index (κ3) is 7.46. The van der Waals surface area contributed by atoms with Gasteiger partial charge in [0.1, 0.15) is 11.5 Å². The Morgan fingerprint density at radius 1 is 0.833 bits per heavy atom. The predicted molar refractivity (Wildman–Crippen MR) is 207 cm³/mol. The third-order valence-electron chi connectivity index (χ3n) is 10.3. The number of carbonyl (C=O) groups excluding carboxylic acids is 2. The van der Waals surface area contributed by atoms with E-state index in [1.54, 1.807) is 42.5 Å². The zero-order chi connectivity index (χ0) is 37.9. The number of halogens is 3. The van der Waals surface area contributed by atoms with Crippen molar-refractivity contribution in [1.82, 2.24) is 30.2 Å². The van der Waals surface area contributed by atoms with E-state index in [1.807, 2.05) is 58.3 Å². The number of benzene rings is 2. The highest BCUT2D eigenvalue weighted by atomic mass is 35.5. The van der Waals surface area contributed by atoms with Gasteiger partial charge >= 0.3 is 0 Å². The van der Waals surface area contributed by atoms with E-state index in [2.05, 4.69) is 26.5 Å². The highest BCUT2D eigenvalue weighted by Crippen LogP contribution is 2.41. The van der Waals surface area contributed by atoms with Gasteiger partial charge in [0.25, 0.3) is 11.8 Å². The van der Waals surface area contributed by atoms with Crippen molar-refractivity contribution in [3.8, 4) is 27.0 Å². The van der Waals surface area contributed by atoms with Crippen LogP contribution in [0.15, 0.2) is 90.1 Å². The van der Waals surface area contributed by atoms with E-state index in [1.165, 1.54) is 28.7 Å². The van der Waals surface area contributed by atoms with Crippen LogP contribution in [0.3, 0.4) is 0 Å². The lowest BCUT2D eigenvalue weighted by Gasteiger charge is -2.38. The molecule has 2 fully saturated rings. The number of likely N-dealkylation sites (tertiary alicyclic amines) is 2. The highest BCUT2D eigenvalue weighted by Gasteiger charge is 2.41. The van der Waals surface area contributed by atoms with Gasteiger partial charge in [-0.3, -0.25) is 19.8 Å². The molecule has 6 aromatic rings. The highest BCUT2D eigenvalue weighted by molar-refractivity contribution is 7.14. The summed E-state index contributed by atoms with van der Waals surface area (Å²) in [6.07, 6.45) is 8.38. The van der Waals surface area contributed by atoms with Crippen LogP contribution in [-0.2, 0) is 11.1 Å². The third-order valence-corrected chi connectivity index (χ3v) is 12.6. The van der Waals surface area contributed by atoms with Crippen molar-refractivity contribution >= 4 is 46.1 Å². The first-order valence-electron chi connectivity index (χ1n) is 17.5. The minimum Gasteiger partial charge on any atom is -0.338 e. The minimum atomic E-state index is -1.73. The quantitative estimate of drug-likeness (QED) is 0.175. The number of hydrogen-bond acceptors (Lipinski definition) is 7. The van der Waals surface area contributed by atoms with Gasteiger partial charge in [-0.1, -0.05) is 41.9 Å². The first-order valence-corrected chi connectivity index (χ1v) is 19.6. The Bertz CT molecular complexity index is 2260. The molecule has 2 aliphatic rings. The molecular formula is C40H36ClF2N7O2S2. The maximum atomic E-state index is 15.5. The number of thiophene rings is 2. The molecule has 0 atom stereocenters. The van der Waals surface area contributed by atoms with Gasteiger partial charge in [-0.25, -0.2) is 8.78 Å². The summed E-state index contributed by atoms with van der Waals surface area (Å²) in [4.78, 5) is 31.1. The molecule has 2 aromatic carbocycles. The standard InChI is InChI=1S/C20H17ClN4OS.C20H19F2N3OS/c21-17-4-2-1-3-16(17)20(13-22)5-7-25(8-6-20)19(26)14-9-18(27-12-14)15-10-23-24-11-15;1-13-3-2-4-16(21)18(13)20(22)5-7-25(8-6-20)19(26)14-9-17(27-12-14)15-10-23-24-11-15/h1-4,9-12H,5-8H2,(H,23,24);2-4,9-12H,5-8H2,1H3,(H,23,24). The Balaban J connectivity index is 0.000000167. The van der Waals surface area contributed by atoms with Gasteiger partial charge in [0.15, 0.2) is 0 Å². The fraction of sp³-hybridized carbons (Fsp3) is 0.275. The molecule has 2 amide bonds. The summed E-state index contributed by atoms with van der Waals surface area (Å²) in [5, 5.41) is 27.6. The molecule has 8 rings (SSSR count). The van der Waals surface area contributed by atoms with Crippen LogP contribution in [-0.4, -0.2) is 68.2 Å². The van der Waals surface area contributed by atoms with Gasteiger partial charge in [0.2, 0.25) is 0 Å². The molecule has 14 heteroatoms. The van der Waals surface area contributed by atoms with Crippen molar-refractivity contribution in [2.45, 2.75) is 43.7 Å². The summed E-state index contributed by atoms with van der Waals surface area (Å²) in [5.41, 5.74) is 2.40. The number of piperidine rings is 2. The van der Waals surface area contributed by atoms with Crippen molar-refractivity contribution < 1.29 is 18.4 Å². The molecule has 0 unspecified atom stereocenters. The van der Waals surface area contributed by atoms with Crippen LogP contribution in [0.1, 0.15) is 63.1 Å². The number of H-pyrrole nitrogens is 2. The summed E-state index contributed by atoms with van der Waals surface area (Å²) in [7, 11) is 0. The van der Waals surface area contributed by atoms with Gasteiger partial charge in [0, 0.05) is 93.6 Å². The second-order valence-corrected chi connectivity index (χ2v) is 15.8. The van der Waals surface area contributed by atoms with Crippen LogP contribution in [0.4, 0.5) is 8.78 Å². The van der Waals surface area contributed by atoms with Crippen LogP contribution in [0.25, 0.3) is 20.9 Å². The molecule has 6 heterocycles. The van der Waals surface area contributed by atoms with Crippen LogP contribution >= 0.6 is 34.3 Å². The summed E-state index contributed by atoms with van der Waals surface area (Å²) >= 11 is 9.33. The largest absolute Gasteiger partial charge is 0.338 e. The van der Waals surface area contributed by atoms with Crippen molar-refractivity contribution in [3.63, 3.8) is 0 Å². The molecule has 0 aliphatic carbocycles. The zero-order valence-corrected chi connectivity index (χ0v) is 31.7. The maximum absolute atomic E-state index is 15.5. The van der Waals surface area contributed by atoms with Gasteiger partial charge in [-0.15, -0.1) is 22.7 Å².